The van der Waals surface area contributed by atoms with Gasteiger partial charge in [-0.05, 0) is 62.8 Å². The molecule has 1 amide bonds. The summed E-state index contributed by atoms with van der Waals surface area (Å²) in [6.45, 7) is 2.25. The molecule has 4 aliphatic heterocycles. The van der Waals surface area contributed by atoms with Gasteiger partial charge >= 0.3 is 0 Å². The molecule has 7 heterocycles. The lowest BCUT2D eigenvalue weighted by molar-refractivity contribution is -0.165. The zero-order valence-electron chi connectivity index (χ0n) is 21.6. The number of aryl methyl sites for hydroxylation is 1. The van der Waals surface area contributed by atoms with Crippen molar-refractivity contribution in [2.75, 3.05) is 36.5 Å². The van der Waals surface area contributed by atoms with Crippen molar-refractivity contribution in [2.24, 2.45) is 0 Å². The van der Waals surface area contributed by atoms with Crippen LogP contribution in [0, 0.1) is 5.82 Å². The summed E-state index contributed by atoms with van der Waals surface area (Å²) in [7, 11) is 0. The molecule has 0 atom stereocenters. The van der Waals surface area contributed by atoms with E-state index in [1.54, 1.807) is 0 Å². The maximum atomic E-state index is 15.0. The van der Waals surface area contributed by atoms with Crippen LogP contribution >= 0.6 is 0 Å². The van der Waals surface area contributed by atoms with E-state index in [1.165, 1.54) is 6.20 Å². The lowest BCUT2D eigenvalue weighted by Gasteiger charge is -2.53. The fraction of sp³-hybridized carbons (Fsp3) is 0.500. The molecule has 10 nitrogen and oxygen atoms in total. The standard InChI is InChI=1S/C28H31FN6O4/c29-20-12-30-21-2-4-23(35-13-18(36)14-35)33-25(21)19(20)5-6-28-9-7-27(8-10-28,16-39-28)31-11-17-1-3-22-26(32-17)34-24(37)15-38-22/h1-4,12,18,31,36H,5-11,13-16H2,(H,32,34,37). The SMILES string of the molecule is O=C1COc2ccc(CNC34CCC(CCc5c(F)cnc6ccc(N7CC(O)C7)nc56)(CC3)OC4)nc2N1. The van der Waals surface area contributed by atoms with Crippen molar-refractivity contribution in [1.29, 1.82) is 0 Å². The van der Waals surface area contributed by atoms with Gasteiger partial charge in [-0.25, -0.2) is 14.4 Å². The number of amides is 1. The molecule has 3 saturated heterocycles. The molecular formula is C28H31FN6O4. The highest BCUT2D eigenvalue weighted by Crippen LogP contribution is 2.46. The van der Waals surface area contributed by atoms with E-state index < -0.39 is 0 Å². The van der Waals surface area contributed by atoms with Crippen LogP contribution < -0.4 is 20.3 Å². The second-order valence-corrected chi connectivity index (χ2v) is 11.3. The third-order valence-corrected chi connectivity index (χ3v) is 8.72. The number of hydrogen-bond acceptors (Lipinski definition) is 9. The van der Waals surface area contributed by atoms with Crippen molar-refractivity contribution in [3.8, 4) is 5.75 Å². The van der Waals surface area contributed by atoms with E-state index >= 15 is 4.39 Å². The number of hydrogen-bond donors (Lipinski definition) is 3. The van der Waals surface area contributed by atoms with E-state index in [1.807, 2.05) is 29.2 Å². The molecule has 3 N–H and O–H groups in total. The van der Waals surface area contributed by atoms with Crippen LogP contribution in [0.4, 0.5) is 16.0 Å². The molecule has 4 fully saturated rings. The number of rotatable bonds is 7. The average molecular weight is 535 g/mol. The Bertz CT molecular complexity index is 1420. The first-order chi connectivity index (χ1) is 18.9. The molecular weight excluding hydrogens is 503 g/mol. The van der Waals surface area contributed by atoms with Gasteiger partial charge in [-0.2, -0.15) is 0 Å². The molecule has 5 aliphatic rings. The predicted molar refractivity (Wildman–Crippen MR) is 141 cm³/mol. The van der Waals surface area contributed by atoms with E-state index in [4.69, 9.17) is 14.5 Å². The Hall–Kier alpha value is -3.41. The Kier molecular flexibility index (Phi) is 5.91. The van der Waals surface area contributed by atoms with Gasteiger partial charge in [0.2, 0.25) is 0 Å². The van der Waals surface area contributed by atoms with Crippen LogP contribution in [0.25, 0.3) is 11.0 Å². The molecule has 204 valence electrons. The average Bonchev–Trinajstić information content (AvgIpc) is 2.94. The Morgan fingerprint density at radius 1 is 1.15 bits per heavy atom. The van der Waals surface area contributed by atoms with E-state index in [0.29, 0.717) is 60.8 Å². The van der Waals surface area contributed by atoms with Crippen LogP contribution in [0.5, 0.6) is 5.75 Å². The topological polar surface area (TPSA) is 122 Å². The number of anilines is 2. The number of aliphatic hydroxyl groups is 1. The summed E-state index contributed by atoms with van der Waals surface area (Å²) in [4.78, 5) is 27.1. The normalized spacial score (nSPS) is 26.2. The zero-order chi connectivity index (χ0) is 26.6. The van der Waals surface area contributed by atoms with Crippen LogP contribution in [0.2, 0.25) is 0 Å². The van der Waals surface area contributed by atoms with Crippen molar-refractivity contribution < 1.29 is 23.8 Å². The van der Waals surface area contributed by atoms with Gasteiger partial charge in [0, 0.05) is 30.7 Å². The van der Waals surface area contributed by atoms with Crippen molar-refractivity contribution >= 4 is 28.6 Å². The molecule has 1 saturated carbocycles. The minimum atomic E-state index is -0.339. The number of halogens is 1. The monoisotopic (exact) mass is 534 g/mol. The Morgan fingerprint density at radius 3 is 2.77 bits per heavy atom. The third-order valence-electron chi connectivity index (χ3n) is 8.72. The summed E-state index contributed by atoms with van der Waals surface area (Å²) in [6, 6.07) is 7.50. The minimum absolute atomic E-state index is 0.0136. The number of ether oxygens (including phenoxy) is 2. The molecule has 39 heavy (non-hydrogen) atoms. The van der Waals surface area contributed by atoms with E-state index in [-0.39, 0.29) is 35.6 Å². The fourth-order valence-electron chi connectivity index (χ4n) is 6.19. The highest BCUT2D eigenvalue weighted by Gasteiger charge is 2.49. The zero-order valence-corrected chi connectivity index (χ0v) is 21.6. The van der Waals surface area contributed by atoms with Crippen molar-refractivity contribution in [3.63, 3.8) is 0 Å². The molecule has 0 aromatic carbocycles. The van der Waals surface area contributed by atoms with E-state index in [0.717, 1.165) is 43.6 Å². The molecule has 0 radical (unpaired) electrons. The number of aromatic nitrogens is 3. The van der Waals surface area contributed by atoms with Gasteiger partial charge in [-0.15, -0.1) is 0 Å². The number of β-amino-alcohol motifs (C(OH)–C–C–N with tert-alkyl or cyclic N) is 1. The Balaban J connectivity index is 1.00. The maximum Gasteiger partial charge on any atom is 0.263 e. The van der Waals surface area contributed by atoms with Crippen molar-refractivity contribution in [3.05, 3.63) is 47.5 Å². The minimum Gasteiger partial charge on any atom is -0.480 e. The second kappa shape index (κ2) is 9.35. The molecule has 1 aliphatic carbocycles. The molecule has 0 spiro atoms. The largest absolute Gasteiger partial charge is 0.480 e. The van der Waals surface area contributed by atoms with Gasteiger partial charge in [0.25, 0.3) is 5.91 Å². The predicted octanol–water partition coefficient (Wildman–Crippen LogP) is 2.48. The van der Waals surface area contributed by atoms with Gasteiger partial charge in [-0.1, -0.05) is 0 Å². The molecule has 3 aromatic rings. The van der Waals surface area contributed by atoms with Gasteiger partial charge in [-0.3, -0.25) is 9.78 Å². The van der Waals surface area contributed by atoms with Crippen LogP contribution in [0.1, 0.15) is 43.4 Å². The summed E-state index contributed by atoms with van der Waals surface area (Å²) in [6.07, 6.45) is 5.93. The number of aliphatic hydroxyl groups excluding tert-OH is 1. The molecule has 8 rings (SSSR count). The van der Waals surface area contributed by atoms with Gasteiger partial charge in [0.15, 0.2) is 18.2 Å². The van der Waals surface area contributed by atoms with Crippen molar-refractivity contribution in [1.82, 2.24) is 20.3 Å². The number of nitrogens with zero attached hydrogens (tertiary/aromatic N) is 4. The first kappa shape index (κ1) is 24.6. The Morgan fingerprint density at radius 2 is 2.00 bits per heavy atom. The highest BCUT2D eigenvalue weighted by atomic mass is 19.1. The first-order valence-electron chi connectivity index (χ1n) is 13.6. The van der Waals surface area contributed by atoms with Gasteiger partial charge < -0.3 is 30.1 Å². The van der Waals surface area contributed by atoms with Crippen LogP contribution in [0.15, 0.2) is 30.5 Å². The summed E-state index contributed by atoms with van der Waals surface area (Å²) in [5, 5.41) is 16.1. The van der Waals surface area contributed by atoms with Gasteiger partial charge in [0.1, 0.15) is 11.6 Å². The van der Waals surface area contributed by atoms with E-state index in [9.17, 15) is 9.90 Å². The van der Waals surface area contributed by atoms with Crippen LogP contribution in [-0.2, 0) is 22.5 Å². The van der Waals surface area contributed by atoms with Crippen LogP contribution in [0.3, 0.4) is 0 Å². The number of fused-ring (bicyclic) bond motifs is 5. The second-order valence-electron chi connectivity index (χ2n) is 11.3. The summed E-state index contributed by atoms with van der Waals surface area (Å²) in [5.74, 6) is 1.25. The van der Waals surface area contributed by atoms with Crippen molar-refractivity contribution in [2.45, 2.75) is 62.3 Å². The molecule has 11 heteroatoms. The number of carbonyl (C=O) groups is 1. The molecule has 3 aromatic heterocycles. The maximum absolute atomic E-state index is 15.0. The molecule has 2 bridgehead atoms. The smallest absolute Gasteiger partial charge is 0.263 e. The quantitative estimate of drug-likeness (QED) is 0.420. The van der Waals surface area contributed by atoms with Crippen LogP contribution in [-0.4, -0.2) is 69.5 Å². The lowest BCUT2D eigenvalue weighted by atomic mass is 9.69. The molecule has 0 unspecified atom stereocenters. The van der Waals surface area contributed by atoms with E-state index in [2.05, 4.69) is 20.6 Å². The Labute approximate surface area is 224 Å². The summed E-state index contributed by atoms with van der Waals surface area (Å²) >= 11 is 0. The lowest BCUT2D eigenvalue weighted by Crippen LogP contribution is -2.61. The fourth-order valence-corrected chi connectivity index (χ4v) is 6.19. The first-order valence-corrected chi connectivity index (χ1v) is 13.6. The third kappa shape index (κ3) is 4.58. The summed E-state index contributed by atoms with van der Waals surface area (Å²) < 4.78 is 26.9. The number of pyridine rings is 3. The summed E-state index contributed by atoms with van der Waals surface area (Å²) in [5.41, 5.74) is 2.29. The highest BCUT2D eigenvalue weighted by molar-refractivity contribution is 5.94. The number of nitrogens with one attached hydrogen (secondary N) is 2. The van der Waals surface area contributed by atoms with Gasteiger partial charge in [0.05, 0.1) is 41.2 Å². The number of carbonyl (C=O) groups excluding carboxylic acids is 1.